The van der Waals surface area contributed by atoms with E-state index in [4.69, 9.17) is 4.74 Å². The van der Waals surface area contributed by atoms with Crippen molar-refractivity contribution in [2.45, 2.75) is 6.42 Å². The van der Waals surface area contributed by atoms with Crippen LogP contribution < -0.4 is 5.32 Å². The molecule has 14 heavy (non-hydrogen) atoms. The minimum absolute atomic E-state index is 0.0731. The van der Waals surface area contributed by atoms with E-state index in [2.05, 4.69) is 25.9 Å². The van der Waals surface area contributed by atoms with Gasteiger partial charge in [0.2, 0.25) is 0 Å². The van der Waals surface area contributed by atoms with Gasteiger partial charge < -0.3 is 10.1 Å². The van der Waals surface area contributed by atoms with Gasteiger partial charge in [-0.25, -0.2) is 0 Å². The maximum Gasteiger partial charge on any atom is 0.292 e. The molecule has 1 aliphatic rings. The number of carbonyl (C=O) groups excluding carboxylic acids is 1. The molecule has 0 saturated carbocycles. The third kappa shape index (κ3) is 2.05. The van der Waals surface area contributed by atoms with Crippen molar-refractivity contribution < 1.29 is 9.53 Å². The molecule has 2 rings (SSSR count). The third-order valence-electron chi connectivity index (χ3n) is 2.12. The van der Waals surface area contributed by atoms with E-state index in [9.17, 15) is 4.79 Å². The molecule has 7 nitrogen and oxygen atoms in total. The van der Waals surface area contributed by atoms with Crippen LogP contribution in [0.2, 0.25) is 0 Å². The van der Waals surface area contributed by atoms with Gasteiger partial charge in [-0.15, -0.1) is 10.2 Å². The Hall–Kier alpha value is -1.50. The normalized spacial score (nSPS) is 21.0. The Labute approximate surface area is 80.2 Å². The maximum absolute atomic E-state index is 11.3. The number of nitrogens with one attached hydrogen (secondary N) is 2. The number of nitrogens with zero attached hydrogens (tertiary/aromatic N) is 3. The van der Waals surface area contributed by atoms with E-state index in [0.29, 0.717) is 19.1 Å². The minimum atomic E-state index is -0.300. The number of amides is 1. The topological polar surface area (TPSA) is 92.8 Å². The molecule has 0 spiro atoms. The summed E-state index contributed by atoms with van der Waals surface area (Å²) >= 11 is 0. The summed E-state index contributed by atoms with van der Waals surface area (Å²) in [5.74, 6) is 0.181. The molecule has 1 saturated heterocycles. The summed E-state index contributed by atoms with van der Waals surface area (Å²) in [5.41, 5.74) is 0. The molecule has 2 heterocycles. The van der Waals surface area contributed by atoms with Crippen molar-refractivity contribution >= 4 is 5.91 Å². The van der Waals surface area contributed by atoms with Crippen molar-refractivity contribution in [3.8, 4) is 0 Å². The molecular formula is C7H11N5O2. The van der Waals surface area contributed by atoms with Crippen LogP contribution in [0.25, 0.3) is 0 Å². The van der Waals surface area contributed by atoms with E-state index in [1.165, 1.54) is 0 Å². The summed E-state index contributed by atoms with van der Waals surface area (Å²) in [7, 11) is 0. The van der Waals surface area contributed by atoms with Gasteiger partial charge in [0.15, 0.2) is 0 Å². The Bertz CT molecular complexity index is 293. The minimum Gasteiger partial charge on any atom is -0.381 e. The second-order valence-electron chi connectivity index (χ2n) is 3.18. The van der Waals surface area contributed by atoms with E-state index in [1.54, 1.807) is 0 Å². The monoisotopic (exact) mass is 197 g/mol. The average molecular weight is 197 g/mol. The second kappa shape index (κ2) is 4.14. The number of aromatic nitrogens is 4. The number of hydrogen-bond acceptors (Lipinski definition) is 5. The van der Waals surface area contributed by atoms with Crippen molar-refractivity contribution in [1.82, 2.24) is 25.9 Å². The SMILES string of the molecule is O=C(NCC1CCOC1)c1nn[nH]n1. The summed E-state index contributed by atoms with van der Waals surface area (Å²) in [6.45, 7) is 2.10. The molecule has 1 atom stereocenters. The van der Waals surface area contributed by atoms with Gasteiger partial charge in [0, 0.05) is 19.1 Å². The van der Waals surface area contributed by atoms with Crippen molar-refractivity contribution in [2.75, 3.05) is 19.8 Å². The van der Waals surface area contributed by atoms with Gasteiger partial charge in [-0.3, -0.25) is 4.79 Å². The lowest BCUT2D eigenvalue weighted by Crippen LogP contribution is -2.30. The Morgan fingerprint density at radius 3 is 3.29 bits per heavy atom. The summed E-state index contributed by atoms with van der Waals surface area (Å²) < 4.78 is 5.18. The Balaban J connectivity index is 1.78. The van der Waals surface area contributed by atoms with Crippen LogP contribution in [0.15, 0.2) is 0 Å². The highest BCUT2D eigenvalue weighted by atomic mass is 16.5. The van der Waals surface area contributed by atoms with Crippen molar-refractivity contribution in [3.05, 3.63) is 5.82 Å². The molecule has 7 heteroatoms. The number of ether oxygens (including phenoxy) is 1. The molecule has 1 fully saturated rings. The van der Waals surface area contributed by atoms with Crippen LogP contribution in [0.1, 0.15) is 17.0 Å². The fourth-order valence-electron chi connectivity index (χ4n) is 1.32. The number of rotatable bonds is 3. The van der Waals surface area contributed by atoms with Gasteiger partial charge in [-0.05, 0) is 11.6 Å². The van der Waals surface area contributed by atoms with E-state index in [-0.39, 0.29) is 11.7 Å². The van der Waals surface area contributed by atoms with E-state index >= 15 is 0 Å². The van der Waals surface area contributed by atoms with E-state index < -0.39 is 0 Å². The third-order valence-corrected chi connectivity index (χ3v) is 2.12. The van der Waals surface area contributed by atoms with Crippen LogP contribution in [0, 0.1) is 5.92 Å². The first kappa shape index (κ1) is 9.07. The number of tetrazole rings is 1. The molecule has 1 aliphatic heterocycles. The molecule has 0 aromatic carbocycles. The Morgan fingerprint density at radius 1 is 1.71 bits per heavy atom. The number of hydrogen-bond donors (Lipinski definition) is 2. The first-order chi connectivity index (χ1) is 6.86. The number of H-pyrrole nitrogens is 1. The van der Waals surface area contributed by atoms with Crippen LogP contribution in [-0.2, 0) is 4.74 Å². The largest absolute Gasteiger partial charge is 0.381 e. The second-order valence-corrected chi connectivity index (χ2v) is 3.18. The Morgan fingerprint density at radius 2 is 2.64 bits per heavy atom. The van der Waals surface area contributed by atoms with Crippen LogP contribution >= 0.6 is 0 Å². The van der Waals surface area contributed by atoms with Gasteiger partial charge in [-0.1, -0.05) is 0 Å². The lowest BCUT2D eigenvalue weighted by molar-refractivity contribution is 0.0934. The lowest BCUT2D eigenvalue weighted by Gasteiger charge is -2.06. The summed E-state index contributed by atoms with van der Waals surface area (Å²) in [6.07, 6.45) is 0.993. The highest BCUT2D eigenvalue weighted by Gasteiger charge is 2.17. The van der Waals surface area contributed by atoms with Gasteiger partial charge >= 0.3 is 0 Å². The summed E-state index contributed by atoms with van der Waals surface area (Å²) in [5, 5.41) is 15.4. The quantitative estimate of drug-likeness (QED) is 0.646. The standard InChI is InChI=1S/C7H11N5O2/c13-7(6-9-11-12-10-6)8-3-5-1-2-14-4-5/h5H,1-4H2,(H,8,13)(H,9,10,11,12). The smallest absolute Gasteiger partial charge is 0.292 e. The maximum atomic E-state index is 11.3. The first-order valence-electron chi connectivity index (χ1n) is 4.45. The highest BCUT2D eigenvalue weighted by Crippen LogP contribution is 2.10. The van der Waals surface area contributed by atoms with Crippen molar-refractivity contribution in [3.63, 3.8) is 0 Å². The fourth-order valence-corrected chi connectivity index (χ4v) is 1.32. The van der Waals surface area contributed by atoms with E-state index in [1.807, 2.05) is 0 Å². The van der Waals surface area contributed by atoms with Gasteiger partial charge in [0.05, 0.1) is 6.61 Å². The molecule has 76 valence electrons. The molecule has 1 amide bonds. The zero-order valence-electron chi connectivity index (χ0n) is 7.56. The molecule has 0 aliphatic carbocycles. The molecular weight excluding hydrogens is 186 g/mol. The predicted octanol–water partition coefficient (Wildman–Crippen LogP) is -1.03. The highest BCUT2D eigenvalue weighted by molar-refractivity contribution is 5.89. The molecule has 1 unspecified atom stereocenters. The van der Waals surface area contributed by atoms with Crippen LogP contribution in [0.4, 0.5) is 0 Å². The molecule has 1 aromatic heterocycles. The number of aromatic amines is 1. The fraction of sp³-hybridized carbons (Fsp3) is 0.714. The summed E-state index contributed by atoms with van der Waals surface area (Å²) in [4.78, 5) is 11.3. The zero-order valence-corrected chi connectivity index (χ0v) is 7.56. The predicted molar refractivity (Wildman–Crippen MR) is 45.4 cm³/mol. The first-order valence-corrected chi connectivity index (χ1v) is 4.45. The van der Waals surface area contributed by atoms with Crippen molar-refractivity contribution in [1.29, 1.82) is 0 Å². The van der Waals surface area contributed by atoms with Crippen molar-refractivity contribution in [2.24, 2.45) is 5.92 Å². The lowest BCUT2D eigenvalue weighted by atomic mass is 10.1. The summed E-state index contributed by atoms with van der Waals surface area (Å²) in [6, 6.07) is 0. The molecule has 2 N–H and O–H groups in total. The molecule has 1 aromatic rings. The Kier molecular flexibility index (Phi) is 2.68. The average Bonchev–Trinajstić information content (AvgIpc) is 2.87. The van der Waals surface area contributed by atoms with Gasteiger partial charge in [-0.2, -0.15) is 5.21 Å². The van der Waals surface area contributed by atoms with Crippen LogP contribution in [0.3, 0.4) is 0 Å². The number of carbonyl (C=O) groups is 1. The van der Waals surface area contributed by atoms with Crippen LogP contribution in [0.5, 0.6) is 0 Å². The van der Waals surface area contributed by atoms with Gasteiger partial charge in [0.1, 0.15) is 0 Å². The van der Waals surface area contributed by atoms with Crippen LogP contribution in [-0.4, -0.2) is 46.3 Å². The molecule has 0 bridgehead atoms. The zero-order chi connectivity index (χ0) is 9.80. The van der Waals surface area contributed by atoms with E-state index in [0.717, 1.165) is 13.0 Å². The van der Waals surface area contributed by atoms with Gasteiger partial charge in [0.25, 0.3) is 11.7 Å². The molecule has 0 radical (unpaired) electrons.